The second kappa shape index (κ2) is 9.54. The SMILES string of the molecule is N#CC1(N2CCN(CCc3ccccc3)CC2)CCCN(Cc2ccccc2)C1. The number of hydrogen-bond donors (Lipinski definition) is 0. The molecule has 4 heteroatoms. The third-order valence-electron chi connectivity index (χ3n) is 6.54. The molecule has 29 heavy (non-hydrogen) atoms. The van der Waals surface area contributed by atoms with E-state index in [1.165, 1.54) is 11.1 Å². The van der Waals surface area contributed by atoms with Gasteiger partial charge in [0.25, 0.3) is 0 Å². The molecule has 2 fully saturated rings. The number of nitrogens with zero attached hydrogens (tertiary/aromatic N) is 4. The zero-order valence-corrected chi connectivity index (χ0v) is 17.3. The Morgan fingerprint density at radius 2 is 1.45 bits per heavy atom. The fourth-order valence-corrected chi connectivity index (χ4v) is 4.85. The summed E-state index contributed by atoms with van der Waals surface area (Å²) in [6, 6.07) is 24.1. The van der Waals surface area contributed by atoms with Gasteiger partial charge in [0.05, 0.1) is 6.07 Å². The lowest BCUT2D eigenvalue weighted by molar-refractivity contribution is 0.0122. The van der Waals surface area contributed by atoms with Gasteiger partial charge in [-0.1, -0.05) is 60.7 Å². The zero-order valence-electron chi connectivity index (χ0n) is 17.3. The molecule has 2 aliphatic heterocycles. The van der Waals surface area contributed by atoms with Crippen molar-refractivity contribution in [2.75, 3.05) is 45.8 Å². The van der Waals surface area contributed by atoms with Crippen molar-refractivity contribution >= 4 is 0 Å². The number of piperazine rings is 1. The van der Waals surface area contributed by atoms with Gasteiger partial charge in [-0.15, -0.1) is 0 Å². The monoisotopic (exact) mass is 388 g/mol. The van der Waals surface area contributed by atoms with Crippen molar-refractivity contribution in [3.63, 3.8) is 0 Å². The van der Waals surface area contributed by atoms with Crippen molar-refractivity contribution in [2.24, 2.45) is 0 Å². The van der Waals surface area contributed by atoms with Crippen LogP contribution in [0.3, 0.4) is 0 Å². The van der Waals surface area contributed by atoms with E-state index < -0.39 is 0 Å². The van der Waals surface area contributed by atoms with E-state index in [0.717, 1.165) is 71.6 Å². The summed E-state index contributed by atoms with van der Waals surface area (Å²) in [7, 11) is 0. The molecule has 0 radical (unpaired) electrons. The van der Waals surface area contributed by atoms with Gasteiger partial charge in [-0.3, -0.25) is 9.80 Å². The van der Waals surface area contributed by atoms with Crippen LogP contribution in [0.5, 0.6) is 0 Å². The maximum absolute atomic E-state index is 10.2. The van der Waals surface area contributed by atoms with Gasteiger partial charge >= 0.3 is 0 Å². The second-order valence-electron chi connectivity index (χ2n) is 8.51. The van der Waals surface area contributed by atoms with Crippen molar-refractivity contribution in [1.29, 1.82) is 5.26 Å². The summed E-state index contributed by atoms with van der Waals surface area (Å²) >= 11 is 0. The molecule has 0 spiro atoms. The Balaban J connectivity index is 1.31. The third kappa shape index (κ3) is 5.05. The minimum atomic E-state index is -0.321. The van der Waals surface area contributed by atoms with Crippen molar-refractivity contribution in [1.82, 2.24) is 14.7 Å². The number of nitriles is 1. The number of likely N-dealkylation sites (tertiary alicyclic amines) is 1. The highest BCUT2D eigenvalue weighted by Crippen LogP contribution is 2.29. The summed E-state index contributed by atoms with van der Waals surface area (Å²) < 4.78 is 0. The van der Waals surface area contributed by atoms with Crippen molar-refractivity contribution in [3.8, 4) is 6.07 Å². The highest BCUT2D eigenvalue weighted by atomic mass is 15.3. The molecule has 2 aromatic carbocycles. The molecule has 2 heterocycles. The van der Waals surface area contributed by atoms with E-state index in [1.54, 1.807) is 0 Å². The molecule has 2 aromatic rings. The lowest BCUT2D eigenvalue weighted by atomic mass is 9.87. The summed E-state index contributed by atoms with van der Waals surface area (Å²) in [5.41, 5.74) is 2.43. The van der Waals surface area contributed by atoms with Crippen LogP contribution < -0.4 is 0 Å². The van der Waals surface area contributed by atoms with E-state index in [1.807, 2.05) is 0 Å². The predicted octanol–water partition coefficient (Wildman–Crippen LogP) is 3.41. The third-order valence-corrected chi connectivity index (χ3v) is 6.54. The van der Waals surface area contributed by atoms with E-state index >= 15 is 0 Å². The Morgan fingerprint density at radius 1 is 0.793 bits per heavy atom. The minimum absolute atomic E-state index is 0.321. The van der Waals surface area contributed by atoms with Crippen LogP contribution in [0, 0.1) is 11.3 Å². The van der Waals surface area contributed by atoms with Crippen LogP contribution in [0.4, 0.5) is 0 Å². The summed E-state index contributed by atoms with van der Waals surface area (Å²) in [6.07, 6.45) is 3.21. The smallest absolute Gasteiger partial charge is 0.122 e. The first-order valence-corrected chi connectivity index (χ1v) is 11.0. The normalized spacial score (nSPS) is 24.2. The largest absolute Gasteiger partial charge is 0.300 e. The second-order valence-corrected chi connectivity index (χ2v) is 8.51. The molecular weight excluding hydrogens is 356 g/mol. The van der Waals surface area contributed by atoms with Crippen LogP contribution >= 0.6 is 0 Å². The molecular formula is C25H32N4. The van der Waals surface area contributed by atoms with Crippen LogP contribution in [0.1, 0.15) is 24.0 Å². The van der Waals surface area contributed by atoms with Gasteiger partial charge in [0, 0.05) is 45.8 Å². The van der Waals surface area contributed by atoms with Crippen LogP contribution in [-0.2, 0) is 13.0 Å². The quantitative estimate of drug-likeness (QED) is 0.759. The number of piperidine rings is 1. The summed E-state index contributed by atoms with van der Waals surface area (Å²) in [5, 5.41) is 10.2. The Kier molecular flexibility index (Phi) is 6.61. The van der Waals surface area contributed by atoms with Crippen molar-refractivity contribution < 1.29 is 0 Å². The van der Waals surface area contributed by atoms with Crippen LogP contribution in [-0.4, -0.2) is 66.1 Å². The fourth-order valence-electron chi connectivity index (χ4n) is 4.85. The molecule has 0 N–H and O–H groups in total. The lowest BCUT2D eigenvalue weighted by Gasteiger charge is -2.48. The zero-order chi connectivity index (χ0) is 19.9. The molecule has 152 valence electrons. The van der Waals surface area contributed by atoms with Gasteiger partial charge in [-0.2, -0.15) is 5.26 Å². The van der Waals surface area contributed by atoms with Gasteiger partial charge in [0.1, 0.15) is 5.54 Å². The van der Waals surface area contributed by atoms with E-state index in [9.17, 15) is 5.26 Å². The fraction of sp³-hybridized carbons (Fsp3) is 0.480. The van der Waals surface area contributed by atoms with E-state index in [0.29, 0.717) is 0 Å². The van der Waals surface area contributed by atoms with Crippen LogP contribution in [0.2, 0.25) is 0 Å². The molecule has 0 aliphatic carbocycles. The average Bonchev–Trinajstić information content (AvgIpc) is 2.79. The molecule has 1 atom stereocenters. The summed E-state index contributed by atoms with van der Waals surface area (Å²) in [4.78, 5) is 7.51. The Labute approximate surface area is 175 Å². The van der Waals surface area contributed by atoms with Gasteiger partial charge in [0.15, 0.2) is 0 Å². The number of benzene rings is 2. The van der Waals surface area contributed by atoms with Gasteiger partial charge in [-0.05, 0) is 36.9 Å². The highest BCUT2D eigenvalue weighted by molar-refractivity contribution is 5.17. The molecule has 4 nitrogen and oxygen atoms in total. The Bertz CT molecular complexity index is 793. The maximum Gasteiger partial charge on any atom is 0.122 e. The lowest BCUT2D eigenvalue weighted by Crippen LogP contribution is -2.62. The topological polar surface area (TPSA) is 33.5 Å². The highest BCUT2D eigenvalue weighted by Gasteiger charge is 2.42. The minimum Gasteiger partial charge on any atom is -0.300 e. The maximum atomic E-state index is 10.2. The molecule has 0 aromatic heterocycles. The molecule has 0 amide bonds. The summed E-state index contributed by atoms with van der Waals surface area (Å²) in [6.45, 7) is 8.14. The van der Waals surface area contributed by atoms with Gasteiger partial charge < -0.3 is 4.90 Å². The Morgan fingerprint density at radius 3 is 2.10 bits per heavy atom. The predicted molar refractivity (Wildman–Crippen MR) is 117 cm³/mol. The molecule has 0 saturated carbocycles. The van der Waals surface area contributed by atoms with E-state index in [-0.39, 0.29) is 5.54 Å². The van der Waals surface area contributed by atoms with Gasteiger partial charge in [0.2, 0.25) is 0 Å². The van der Waals surface area contributed by atoms with Crippen LogP contribution in [0.15, 0.2) is 60.7 Å². The molecule has 2 aliphatic rings. The van der Waals surface area contributed by atoms with E-state index in [2.05, 4.69) is 81.4 Å². The molecule has 4 rings (SSSR count). The van der Waals surface area contributed by atoms with Crippen molar-refractivity contribution in [2.45, 2.75) is 31.3 Å². The standard InChI is InChI=1S/C25H32N4/c26-21-25(13-7-14-28(22-25)20-24-10-5-2-6-11-24)29-18-16-27(17-19-29)15-12-23-8-3-1-4-9-23/h1-6,8-11H,7,12-20,22H2. The molecule has 1 unspecified atom stereocenters. The number of hydrogen-bond acceptors (Lipinski definition) is 4. The first-order valence-electron chi connectivity index (χ1n) is 11.0. The van der Waals surface area contributed by atoms with E-state index in [4.69, 9.17) is 0 Å². The molecule has 2 saturated heterocycles. The van der Waals surface area contributed by atoms with Crippen molar-refractivity contribution in [3.05, 3.63) is 71.8 Å². The first-order chi connectivity index (χ1) is 14.3. The van der Waals surface area contributed by atoms with Gasteiger partial charge in [-0.25, -0.2) is 0 Å². The molecule has 0 bridgehead atoms. The summed E-state index contributed by atoms with van der Waals surface area (Å²) in [5.74, 6) is 0. The van der Waals surface area contributed by atoms with Crippen LogP contribution in [0.25, 0.3) is 0 Å². The first kappa shape index (κ1) is 20.1. The average molecular weight is 389 g/mol. The number of rotatable bonds is 6. The Hall–Kier alpha value is -2.19.